The van der Waals surface area contributed by atoms with Crippen LogP contribution in [0.15, 0.2) is 28.8 Å². The standard InChI is InChI=1S/C16H20N2O3/c1-10-7-6-8-13(12(10)3)20-16(4,5)15(19)17-14-9-11(2)21-18-14/h6-9H,1-5H3,(H,17,18,19). The molecule has 112 valence electrons. The van der Waals surface area contributed by atoms with Crippen molar-refractivity contribution in [2.45, 2.75) is 40.2 Å². The van der Waals surface area contributed by atoms with E-state index in [-0.39, 0.29) is 5.91 Å². The lowest BCUT2D eigenvalue weighted by Crippen LogP contribution is -2.42. The van der Waals surface area contributed by atoms with Crippen molar-refractivity contribution in [2.24, 2.45) is 0 Å². The molecule has 0 spiro atoms. The van der Waals surface area contributed by atoms with Crippen LogP contribution in [0.4, 0.5) is 5.82 Å². The van der Waals surface area contributed by atoms with Gasteiger partial charge in [-0.3, -0.25) is 4.79 Å². The van der Waals surface area contributed by atoms with Crippen LogP contribution in [0.2, 0.25) is 0 Å². The number of rotatable bonds is 4. The highest BCUT2D eigenvalue weighted by Gasteiger charge is 2.31. The molecule has 0 aliphatic heterocycles. The molecule has 1 aromatic carbocycles. The molecule has 21 heavy (non-hydrogen) atoms. The Labute approximate surface area is 124 Å². The van der Waals surface area contributed by atoms with Crippen LogP contribution in [0.25, 0.3) is 0 Å². The minimum Gasteiger partial charge on any atom is -0.478 e. The molecule has 1 amide bonds. The molecule has 2 aromatic rings. The minimum atomic E-state index is -1.02. The van der Waals surface area contributed by atoms with E-state index in [2.05, 4.69) is 10.5 Å². The number of nitrogens with one attached hydrogen (secondary N) is 1. The van der Waals surface area contributed by atoms with E-state index in [0.717, 1.165) is 11.1 Å². The topological polar surface area (TPSA) is 64.4 Å². The van der Waals surface area contributed by atoms with Crippen LogP contribution < -0.4 is 10.1 Å². The van der Waals surface area contributed by atoms with Crippen molar-refractivity contribution in [1.29, 1.82) is 0 Å². The van der Waals surface area contributed by atoms with Gasteiger partial charge in [0.15, 0.2) is 11.4 Å². The smallest absolute Gasteiger partial charge is 0.269 e. The average molecular weight is 288 g/mol. The third kappa shape index (κ3) is 3.42. The van der Waals surface area contributed by atoms with Crippen LogP contribution >= 0.6 is 0 Å². The monoisotopic (exact) mass is 288 g/mol. The maximum atomic E-state index is 12.3. The zero-order valence-corrected chi connectivity index (χ0v) is 13.0. The highest BCUT2D eigenvalue weighted by Crippen LogP contribution is 2.25. The molecule has 0 fully saturated rings. The summed E-state index contributed by atoms with van der Waals surface area (Å²) in [7, 11) is 0. The number of carbonyl (C=O) groups excluding carboxylic acids is 1. The average Bonchev–Trinajstić information content (AvgIpc) is 2.80. The first kappa shape index (κ1) is 15.1. The van der Waals surface area contributed by atoms with Gasteiger partial charge in [0.1, 0.15) is 11.5 Å². The van der Waals surface area contributed by atoms with Crippen LogP contribution in [0.1, 0.15) is 30.7 Å². The highest BCUT2D eigenvalue weighted by atomic mass is 16.5. The summed E-state index contributed by atoms with van der Waals surface area (Å²) in [6.07, 6.45) is 0. The van der Waals surface area contributed by atoms with E-state index < -0.39 is 5.60 Å². The number of aromatic nitrogens is 1. The van der Waals surface area contributed by atoms with Crippen LogP contribution in [0.3, 0.4) is 0 Å². The molecule has 1 heterocycles. The molecular formula is C16H20N2O3. The Morgan fingerprint density at radius 1 is 1.29 bits per heavy atom. The van der Waals surface area contributed by atoms with Crippen molar-refractivity contribution >= 4 is 11.7 Å². The van der Waals surface area contributed by atoms with Crippen molar-refractivity contribution in [1.82, 2.24) is 5.16 Å². The van der Waals surface area contributed by atoms with Gasteiger partial charge in [-0.2, -0.15) is 0 Å². The van der Waals surface area contributed by atoms with Gasteiger partial charge < -0.3 is 14.6 Å². The number of carbonyl (C=O) groups is 1. The third-order valence-corrected chi connectivity index (χ3v) is 3.34. The van der Waals surface area contributed by atoms with E-state index in [1.165, 1.54) is 0 Å². The summed E-state index contributed by atoms with van der Waals surface area (Å²) in [5, 5.41) is 6.43. The summed E-state index contributed by atoms with van der Waals surface area (Å²) in [6, 6.07) is 7.43. The van der Waals surface area contributed by atoms with E-state index in [9.17, 15) is 4.79 Å². The molecule has 0 aliphatic carbocycles. The number of hydrogen-bond donors (Lipinski definition) is 1. The van der Waals surface area contributed by atoms with Gasteiger partial charge in [0.2, 0.25) is 0 Å². The molecule has 0 atom stereocenters. The minimum absolute atomic E-state index is 0.281. The van der Waals surface area contributed by atoms with E-state index >= 15 is 0 Å². The summed E-state index contributed by atoms with van der Waals surface area (Å²) in [5.41, 5.74) is 1.12. The molecule has 0 aliphatic rings. The van der Waals surface area contributed by atoms with Gasteiger partial charge in [-0.05, 0) is 51.8 Å². The lowest BCUT2D eigenvalue weighted by molar-refractivity contribution is -0.128. The highest BCUT2D eigenvalue weighted by molar-refractivity contribution is 5.96. The summed E-state index contributed by atoms with van der Waals surface area (Å²) in [5.74, 6) is 1.44. The Bertz CT molecular complexity index is 659. The molecule has 1 N–H and O–H groups in total. The molecular weight excluding hydrogens is 268 g/mol. The molecule has 0 saturated carbocycles. The second-order valence-electron chi connectivity index (χ2n) is 5.59. The number of ether oxygens (including phenoxy) is 1. The Morgan fingerprint density at radius 2 is 2.00 bits per heavy atom. The van der Waals surface area contributed by atoms with E-state index in [1.807, 2.05) is 32.0 Å². The normalized spacial score (nSPS) is 11.3. The van der Waals surface area contributed by atoms with Gasteiger partial charge in [0.25, 0.3) is 5.91 Å². The van der Waals surface area contributed by atoms with E-state index in [1.54, 1.807) is 26.8 Å². The first-order valence-electron chi connectivity index (χ1n) is 6.79. The van der Waals surface area contributed by atoms with Gasteiger partial charge in [-0.15, -0.1) is 0 Å². The fraction of sp³-hybridized carbons (Fsp3) is 0.375. The maximum Gasteiger partial charge on any atom is 0.269 e. The summed E-state index contributed by atoms with van der Waals surface area (Å²) >= 11 is 0. The number of benzene rings is 1. The number of amides is 1. The van der Waals surface area contributed by atoms with Crippen molar-refractivity contribution in [3.05, 3.63) is 41.2 Å². The lowest BCUT2D eigenvalue weighted by Gasteiger charge is -2.26. The Balaban J connectivity index is 2.13. The molecule has 2 rings (SSSR count). The fourth-order valence-corrected chi connectivity index (χ4v) is 1.85. The summed E-state index contributed by atoms with van der Waals surface area (Å²) in [6.45, 7) is 9.18. The Morgan fingerprint density at radius 3 is 2.62 bits per heavy atom. The van der Waals surface area contributed by atoms with E-state index in [4.69, 9.17) is 9.26 Å². The first-order chi connectivity index (χ1) is 9.79. The molecule has 1 aromatic heterocycles. The van der Waals surface area contributed by atoms with Gasteiger partial charge >= 0.3 is 0 Å². The van der Waals surface area contributed by atoms with Crippen LogP contribution in [-0.4, -0.2) is 16.7 Å². The second kappa shape index (κ2) is 5.60. The Hall–Kier alpha value is -2.30. The predicted molar refractivity (Wildman–Crippen MR) is 80.5 cm³/mol. The van der Waals surface area contributed by atoms with Gasteiger partial charge in [0.05, 0.1) is 0 Å². The molecule has 5 nitrogen and oxygen atoms in total. The number of nitrogens with zero attached hydrogens (tertiary/aromatic N) is 1. The molecule has 0 unspecified atom stereocenters. The van der Waals surface area contributed by atoms with Crippen molar-refractivity contribution < 1.29 is 14.1 Å². The van der Waals surface area contributed by atoms with E-state index in [0.29, 0.717) is 17.3 Å². The van der Waals surface area contributed by atoms with Gasteiger partial charge in [0, 0.05) is 6.07 Å². The number of anilines is 1. The zero-order chi connectivity index (χ0) is 15.6. The van der Waals surface area contributed by atoms with Gasteiger partial charge in [-0.1, -0.05) is 17.3 Å². The fourth-order valence-electron chi connectivity index (χ4n) is 1.85. The first-order valence-corrected chi connectivity index (χ1v) is 6.79. The number of hydrogen-bond acceptors (Lipinski definition) is 4. The van der Waals surface area contributed by atoms with Crippen LogP contribution in [0, 0.1) is 20.8 Å². The zero-order valence-electron chi connectivity index (χ0n) is 13.0. The maximum absolute atomic E-state index is 12.3. The quantitative estimate of drug-likeness (QED) is 0.936. The SMILES string of the molecule is Cc1cc(NC(=O)C(C)(C)Oc2cccc(C)c2C)no1. The lowest BCUT2D eigenvalue weighted by atomic mass is 10.1. The molecule has 5 heteroatoms. The van der Waals surface area contributed by atoms with Crippen molar-refractivity contribution in [3.8, 4) is 5.75 Å². The molecule has 0 saturated heterocycles. The summed E-state index contributed by atoms with van der Waals surface area (Å²) in [4.78, 5) is 12.3. The molecule has 0 bridgehead atoms. The Kier molecular flexibility index (Phi) is 4.02. The van der Waals surface area contributed by atoms with Gasteiger partial charge in [-0.25, -0.2) is 0 Å². The van der Waals surface area contributed by atoms with Crippen LogP contribution in [-0.2, 0) is 4.79 Å². The molecule has 0 radical (unpaired) electrons. The second-order valence-corrected chi connectivity index (χ2v) is 5.59. The predicted octanol–water partition coefficient (Wildman–Crippen LogP) is 3.40. The van der Waals surface area contributed by atoms with Crippen molar-refractivity contribution in [3.63, 3.8) is 0 Å². The number of aryl methyl sites for hydroxylation is 2. The van der Waals surface area contributed by atoms with Crippen molar-refractivity contribution in [2.75, 3.05) is 5.32 Å². The summed E-state index contributed by atoms with van der Waals surface area (Å²) < 4.78 is 10.8. The largest absolute Gasteiger partial charge is 0.478 e. The van der Waals surface area contributed by atoms with Crippen LogP contribution in [0.5, 0.6) is 5.75 Å². The third-order valence-electron chi connectivity index (χ3n) is 3.34.